The van der Waals surface area contributed by atoms with Crippen molar-refractivity contribution in [2.75, 3.05) is 6.54 Å². The molecular formula is C10H17N3O. The van der Waals surface area contributed by atoms with Crippen LogP contribution in [0.25, 0.3) is 0 Å². The fourth-order valence-corrected chi connectivity index (χ4v) is 2.01. The van der Waals surface area contributed by atoms with Crippen molar-refractivity contribution >= 4 is 0 Å². The maximum absolute atomic E-state index is 5.56. The third-order valence-electron chi connectivity index (χ3n) is 2.80. The minimum absolute atomic E-state index is 0.503. The van der Waals surface area contributed by atoms with Crippen LogP contribution in [0.2, 0.25) is 0 Å². The molecule has 1 saturated carbocycles. The Bertz CT molecular complexity index is 279. The quantitative estimate of drug-likeness (QED) is 0.796. The van der Waals surface area contributed by atoms with E-state index in [2.05, 4.69) is 10.2 Å². The van der Waals surface area contributed by atoms with Crippen molar-refractivity contribution in [3.63, 3.8) is 0 Å². The van der Waals surface area contributed by atoms with Gasteiger partial charge in [0, 0.05) is 18.9 Å². The molecule has 4 heteroatoms. The Kier molecular flexibility index (Phi) is 3.14. The molecule has 1 aliphatic rings. The molecule has 1 fully saturated rings. The first-order chi connectivity index (χ1) is 6.90. The van der Waals surface area contributed by atoms with E-state index in [1.165, 1.54) is 32.1 Å². The molecule has 0 aliphatic heterocycles. The van der Waals surface area contributed by atoms with E-state index in [0.29, 0.717) is 24.8 Å². The highest BCUT2D eigenvalue weighted by Crippen LogP contribution is 2.31. The average molecular weight is 195 g/mol. The van der Waals surface area contributed by atoms with Crippen molar-refractivity contribution in [1.29, 1.82) is 0 Å². The average Bonchev–Trinajstić information content (AvgIpc) is 2.68. The molecule has 0 bridgehead atoms. The number of rotatable bonds is 3. The van der Waals surface area contributed by atoms with Gasteiger partial charge in [-0.2, -0.15) is 0 Å². The Morgan fingerprint density at radius 2 is 2.00 bits per heavy atom. The topological polar surface area (TPSA) is 64.9 Å². The predicted octanol–water partition coefficient (Wildman–Crippen LogP) is 1.62. The lowest BCUT2D eigenvalue weighted by Gasteiger charge is -2.17. The first kappa shape index (κ1) is 9.65. The van der Waals surface area contributed by atoms with Gasteiger partial charge in [0.25, 0.3) is 0 Å². The van der Waals surface area contributed by atoms with Crippen LogP contribution in [0.5, 0.6) is 0 Å². The summed E-state index contributed by atoms with van der Waals surface area (Å²) in [4.78, 5) is 0. The molecule has 2 rings (SSSR count). The second-order valence-electron chi connectivity index (χ2n) is 3.91. The van der Waals surface area contributed by atoms with E-state index in [9.17, 15) is 0 Å². The molecule has 0 atom stereocenters. The van der Waals surface area contributed by atoms with Crippen LogP contribution < -0.4 is 5.73 Å². The number of nitrogens with zero attached hydrogens (tertiary/aromatic N) is 2. The SMILES string of the molecule is NCCc1nnc(C2CCCCC2)o1. The largest absolute Gasteiger partial charge is 0.425 e. The molecule has 78 valence electrons. The minimum Gasteiger partial charge on any atom is -0.425 e. The molecule has 0 spiro atoms. The van der Waals surface area contributed by atoms with Gasteiger partial charge in [-0.3, -0.25) is 0 Å². The fourth-order valence-electron chi connectivity index (χ4n) is 2.01. The van der Waals surface area contributed by atoms with Gasteiger partial charge < -0.3 is 10.2 Å². The van der Waals surface area contributed by atoms with Crippen LogP contribution in [-0.2, 0) is 6.42 Å². The third-order valence-corrected chi connectivity index (χ3v) is 2.80. The Hall–Kier alpha value is -0.900. The summed E-state index contributed by atoms with van der Waals surface area (Å²) < 4.78 is 5.56. The third kappa shape index (κ3) is 2.12. The van der Waals surface area contributed by atoms with E-state index < -0.39 is 0 Å². The summed E-state index contributed by atoms with van der Waals surface area (Å²) >= 11 is 0. The van der Waals surface area contributed by atoms with Crippen molar-refractivity contribution in [2.45, 2.75) is 44.4 Å². The maximum Gasteiger partial charge on any atom is 0.219 e. The van der Waals surface area contributed by atoms with Crippen molar-refractivity contribution in [3.8, 4) is 0 Å². The number of hydrogen-bond acceptors (Lipinski definition) is 4. The summed E-state index contributed by atoms with van der Waals surface area (Å²) in [5, 5.41) is 8.07. The van der Waals surface area contributed by atoms with Gasteiger partial charge in [0.2, 0.25) is 11.8 Å². The van der Waals surface area contributed by atoms with Gasteiger partial charge in [-0.05, 0) is 12.8 Å². The van der Waals surface area contributed by atoms with Gasteiger partial charge in [0.15, 0.2) is 0 Å². The zero-order chi connectivity index (χ0) is 9.80. The summed E-state index contributed by atoms with van der Waals surface area (Å²) in [6, 6.07) is 0. The molecule has 0 unspecified atom stereocenters. The van der Waals surface area contributed by atoms with Gasteiger partial charge in [0.1, 0.15) is 0 Å². The zero-order valence-corrected chi connectivity index (χ0v) is 8.41. The van der Waals surface area contributed by atoms with E-state index in [0.717, 1.165) is 5.89 Å². The zero-order valence-electron chi connectivity index (χ0n) is 8.41. The summed E-state index contributed by atoms with van der Waals surface area (Å²) in [6.07, 6.45) is 7.02. The van der Waals surface area contributed by atoms with E-state index in [4.69, 9.17) is 10.2 Å². The highest BCUT2D eigenvalue weighted by Gasteiger charge is 2.20. The molecule has 1 heterocycles. The number of hydrogen-bond donors (Lipinski definition) is 1. The van der Waals surface area contributed by atoms with Crippen LogP contribution in [-0.4, -0.2) is 16.7 Å². The molecule has 0 aromatic carbocycles. The predicted molar refractivity (Wildman–Crippen MR) is 52.9 cm³/mol. The molecule has 1 aromatic heterocycles. The molecule has 1 aliphatic carbocycles. The summed E-state index contributed by atoms with van der Waals surface area (Å²) in [5.41, 5.74) is 5.42. The second kappa shape index (κ2) is 4.55. The Morgan fingerprint density at radius 3 is 2.71 bits per heavy atom. The minimum atomic E-state index is 0.503. The Morgan fingerprint density at radius 1 is 1.21 bits per heavy atom. The van der Waals surface area contributed by atoms with Crippen LogP contribution in [0.15, 0.2) is 4.42 Å². The smallest absolute Gasteiger partial charge is 0.219 e. The van der Waals surface area contributed by atoms with Crippen molar-refractivity contribution < 1.29 is 4.42 Å². The van der Waals surface area contributed by atoms with E-state index >= 15 is 0 Å². The van der Waals surface area contributed by atoms with Crippen LogP contribution in [0.1, 0.15) is 49.8 Å². The summed E-state index contributed by atoms with van der Waals surface area (Å²) in [5.74, 6) is 2.02. The fraction of sp³-hybridized carbons (Fsp3) is 0.800. The maximum atomic E-state index is 5.56. The first-order valence-corrected chi connectivity index (χ1v) is 5.42. The molecule has 2 N–H and O–H groups in total. The lowest BCUT2D eigenvalue weighted by molar-refractivity contribution is 0.351. The lowest BCUT2D eigenvalue weighted by Crippen LogP contribution is -2.04. The van der Waals surface area contributed by atoms with Crippen molar-refractivity contribution in [2.24, 2.45) is 5.73 Å². The van der Waals surface area contributed by atoms with Crippen LogP contribution in [0, 0.1) is 0 Å². The van der Waals surface area contributed by atoms with Crippen molar-refractivity contribution in [3.05, 3.63) is 11.8 Å². The van der Waals surface area contributed by atoms with E-state index in [1.807, 2.05) is 0 Å². The first-order valence-electron chi connectivity index (χ1n) is 5.42. The Labute approximate surface area is 83.9 Å². The highest BCUT2D eigenvalue weighted by molar-refractivity contribution is 4.93. The van der Waals surface area contributed by atoms with Gasteiger partial charge in [-0.25, -0.2) is 0 Å². The molecule has 0 radical (unpaired) electrons. The van der Waals surface area contributed by atoms with Crippen LogP contribution >= 0.6 is 0 Å². The number of aromatic nitrogens is 2. The normalized spacial score (nSPS) is 18.6. The van der Waals surface area contributed by atoms with Crippen molar-refractivity contribution in [1.82, 2.24) is 10.2 Å². The summed E-state index contributed by atoms with van der Waals surface area (Å²) in [7, 11) is 0. The molecule has 4 nitrogen and oxygen atoms in total. The van der Waals surface area contributed by atoms with Gasteiger partial charge in [-0.1, -0.05) is 19.3 Å². The monoisotopic (exact) mass is 195 g/mol. The van der Waals surface area contributed by atoms with Crippen LogP contribution in [0.4, 0.5) is 0 Å². The highest BCUT2D eigenvalue weighted by atomic mass is 16.4. The second-order valence-corrected chi connectivity index (χ2v) is 3.91. The number of nitrogens with two attached hydrogens (primary N) is 1. The standard InChI is InChI=1S/C10H17N3O/c11-7-6-9-12-13-10(14-9)8-4-2-1-3-5-8/h8H,1-7,11H2. The van der Waals surface area contributed by atoms with E-state index in [1.54, 1.807) is 0 Å². The molecule has 1 aromatic rings. The van der Waals surface area contributed by atoms with Crippen LogP contribution in [0.3, 0.4) is 0 Å². The molecule has 0 saturated heterocycles. The lowest BCUT2D eigenvalue weighted by atomic mass is 9.89. The molecule has 14 heavy (non-hydrogen) atoms. The van der Waals surface area contributed by atoms with Gasteiger partial charge >= 0.3 is 0 Å². The van der Waals surface area contributed by atoms with Gasteiger partial charge in [0.05, 0.1) is 0 Å². The van der Waals surface area contributed by atoms with E-state index in [-0.39, 0.29) is 0 Å². The summed E-state index contributed by atoms with van der Waals surface area (Å²) in [6.45, 7) is 0.576. The Balaban J connectivity index is 2.00. The molecule has 0 amide bonds. The van der Waals surface area contributed by atoms with Gasteiger partial charge in [-0.15, -0.1) is 10.2 Å². The molecular weight excluding hydrogens is 178 g/mol.